The maximum atomic E-state index is 11.0. The second kappa shape index (κ2) is 1.37. The van der Waals surface area contributed by atoms with Crippen LogP contribution < -0.4 is 0 Å². The summed E-state index contributed by atoms with van der Waals surface area (Å²) in [6.45, 7) is 5.01. The Balaban J connectivity index is 2.35. The third-order valence-electron chi connectivity index (χ3n) is 2.42. The van der Waals surface area contributed by atoms with Gasteiger partial charge in [0.05, 0.1) is 13.2 Å². The Morgan fingerprint density at radius 1 is 1.40 bits per heavy atom. The van der Waals surface area contributed by atoms with Gasteiger partial charge >= 0.3 is 5.97 Å². The molecule has 3 heteroatoms. The molecule has 2 aliphatic rings. The first-order valence-electron chi connectivity index (χ1n) is 3.40. The number of hydrogen-bond donors (Lipinski definition) is 0. The predicted octanol–water partition coefficient (Wildman–Crippen LogP) is 0.338. The standard InChI is InChI=1S/C7H10O3/c1-6(2)3-9-5(8)7(6)4-10-7/h3-4H2,1-2H3/t7-/m1/s1. The summed E-state index contributed by atoms with van der Waals surface area (Å²) in [7, 11) is 0. The highest BCUT2D eigenvalue weighted by molar-refractivity contribution is 5.85. The molecular formula is C7H10O3. The van der Waals surface area contributed by atoms with E-state index in [0.717, 1.165) is 0 Å². The van der Waals surface area contributed by atoms with Crippen molar-refractivity contribution in [3.8, 4) is 0 Å². The van der Waals surface area contributed by atoms with Gasteiger partial charge in [0.15, 0.2) is 5.60 Å². The van der Waals surface area contributed by atoms with Crippen LogP contribution in [0.4, 0.5) is 0 Å². The number of esters is 1. The van der Waals surface area contributed by atoms with Crippen LogP contribution in [0.1, 0.15) is 13.8 Å². The summed E-state index contributed by atoms with van der Waals surface area (Å²) in [6.07, 6.45) is 0. The molecule has 0 aromatic carbocycles. The predicted molar refractivity (Wildman–Crippen MR) is 33.4 cm³/mol. The minimum Gasteiger partial charge on any atom is -0.463 e. The van der Waals surface area contributed by atoms with Gasteiger partial charge in [0.25, 0.3) is 0 Å². The highest BCUT2D eigenvalue weighted by Gasteiger charge is 2.68. The Morgan fingerprint density at radius 3 is 2.20 bits per heavy atom. The van der Waals surface area contributed by atoms with E-state index in [2.05, 4.69) is 0 Å². The summed E-state index contributed by atoms with van der Waals surface area (Å²) in [4.78, 5) is 11.0. The van der Waals surface area contributed by atoms with Crippen molar-refractivity contribution in [1.29, 1.82) is 0 Å². The molecule has 2 heterocycles. The van der Waals surface area contributed by atoms with Gasteiger partial charge in [0.1, 0.15) is 0 Å². The number of carbonyl (C=O) groups excluding carboxylic acids is 1. The van der Waals surface area contributed by atoms with Gasteiger partial charge in [-0.3, -0.25) is 0 Å². The molecule has 0 amide bonds. The summed E-state index contributed by atoms with van der Waals surface area (Å²) >= 11 is 0. The van der Waals surface area contributed by atoms with E-state index in [9.17, 15) is 4.79 Å². The molecule has 2 rings (SSSR count). The zero-order valence-electron chi connectivity index (χ0n) is 6.14. The molecule has 2 saturated heterocycles. The fourth-order valence-corrected chi connectivity index (χ4v) is 1.34. The number of carbonyl (C=O) groups is 1. The van der Waals surface area contributed by atoms with Crippen LogP contribution in [0.25, 0.3) is 0 Å². The summed E-state index contributed by atoms with van der Waals surface area (Å²) < 4.78 is 9.99. The zero-order chi connectivity index (χ0) is 7.41. The Labute approximate surface area is 59.3 Å². The van der Waals surface area contributed by atoms with Gasteiger partial charge in [-0.1, -0.05) is 13.8 Å². The molecule has 10 heavy (non-hydrogen) atoms. The first kappa shape index (κ1) is 6.16. The Morgan fingerprint density at radius 2 is 2.00 bits per heavy atom. The first-order chi connectivity index (χ1) is 4.58. The molecule has 1 atom stereocenters. The van der Waals surface area contributed by atoms with E-state index in [1.807, 2.05) is 13.8 Å². The van der Waals surface area contributed by atoms with Gasteiger partial charge in [-0.15, -0.1) is 0 Å². The van der Waals surface area contributed by atoms with E-state index in [1.165, 1.54) is 0 Å². The van der Waals surface area contributed by atoms with E-state index < -0.39 is 5.60 Å². The first-order valence-corrected chi connectivity index (χ1v) is 3.40. The summed E-state index contributed by atoms with van der Waals surface area (Å²) in [5.74, 6) is -0.183. The molecule has 0 bridgehead atoms. The van der Waals surface area contributed by atoms with Crippen LogP contribution in [0.15, 0.2) is 0 Å². The van der Waals surface area contributed by atoms with Crippen molar-refractivity contribution in [1.82, 2.24) is 0 Å². The van der Waals surface area contributed by atoms with Crippen molar-refractivity contribution in [2.75, 3.05) is 13.2 Å². The number of rotatable bonds is 0. The van der Waals surface area contributed by atoms with Crippen LogP contribution in [-0.4, -0.2) is 24.8 Å². The molecule has 56 valence electrons. The Hall–Kier alpha value is -0.570. The van der Waals surface area contributed by atoms with Crippen LogP contribution in [-0.2, 0) is 14.3 Å². The summed E-state index contributed by atoms with van der Waals surface area (Å²) in [5, 5.41) is 0. The second-order valence-corrected chi connectivity index (χ2v) is 3.58. The van der Waals surface area contributed by atoms with Gasteiger partial charge in [0, 0.05) is 5.41 Å². The number of ether oxygens (including phenoxy) is 2. The SMILES string of the molecule is CC1(C)COC(=O)[C@]12CO2. The molecule has 0 radical (unpaired) electrons. The van der Waals surface area contributed by atoms with Crippen molar-refractivity contribution < 1.29 is 14.3 Å². The fraction of sp³-hybridized carbons (Fsp3) is 0.857. The Bertz CT molecular complexity index is 191. The molecule has 0 aliphatic carbocycles. The topological polar surface area (TPSA) is 38.8 Å². The molecule has 1 spiro atoms. The molecule has 0 unspecified atom stereocenters. The monoisotopic (exact) mass is 142 g/mol. The average Bonchev–Trinajstić information content (AvgIpc) is 2.58. The lowest BCUT2D eigenvalue weighted by atomic mass is 9.82. The van der Waals surface area contributed by atoms with Crippen molar-refractivity contribution >= 4 is 5.97 Å². The summed E-state index contributed by atoms with van der Waals surface area (Å²) in [5.41, 5.74) is -0.683. The molecule has 0 aromatic heterocycles. The van der Waals surface area contributed by atoms with E-state index in [4.69, 9.17) is 9.47 Å². The van der Waals surface area contributed by atoms with E-state index >= 15 is 0 Å². The van der Waals surface area contributed by atoms with Crippen molar-refractivity contribution in [2.24, 2.45) is 5.41 Å². The van der Waals surface area contributed by atoms with Crippen molar-refractivity contribution in [3.05, 3.63) is 0 Å². The van der Waals surface area contributed by atoms with Gasteiger partial charge < -0.3 is 9.47 Å². The zero-order valence-corrected chi connectivity index (χ0v) is 6.14. The van der Waals surface area contributed by atoms with Crippen LogP contribution in [0.2, 0.25) is 0 Å². The molecule has 3 nitrogen and oxygen atoms in total. The van der Waals surface area contributed by atoms with Crippen LogP contribution >= 0.6 is 0 Å². The molecule has 2 fully saturated rings. The summed E-state index contributed by atoms with van der Waals surface area (Å²) in [6, 6.07) is 0. The largest absolute Gasteiger partial charge is 0.463 e. The molecule has 0 saturated carbocycles. The Kier molecular flexibility index (Phi) is 0.844. The number of epoxide rings is 1. The maximum Gasteiger partial charge on any atom is 0.341 e. The van der Waals surface area contributed by atoms with E-state index in [0.29, 0.717) is 13.2 Å². The highest BCUT2D eigenvalue weighted by atomic mass is 16.7. The maximum absolute atomic E-state index is 11.0. The molecule has 2 aliphatic heterocycles. The highest BCUT2D eigenvalue weighted by Crippen LogP contribution is 2.49. The van der Waals surface area contributed by atoms with Gasteiger partial charge in [-0.05, 0) is 0 Å². The lowest BCUT2D eigenvalue weighted by Crippen LogP contribution is -2.33. The lowest BCUT2D eigenvalue weighted by Gasteiger charge is -2.16. The fourth-order valence-electron chi connectivity index (χ4n) is 1.34. The van der Waals surface area contributed by atoms with Crippen LogP contribution in [0.5, 0.6) is 0 Å². The lowest BCUT2D eigenvalue weighted by molar-refractivity contribution is -0.142. The van der Waals surface area contributed by atoms with Gasteiger partial charge in [-0.25, -0.2) is 4.79 Å². The molecule has 0 N–H and O–H groups in total. The minimum absolute atomic E-state index is 0.121. The van der Waals surface area contributed by atoms with Crippen LogP contribution in [0, 0.1) is 5.41 Å². The average molecular weight is 142 g/mol. The van der Waals surface area contributed by atoms with Crippen LogP contribution in [0.3, 0.4) is 0 Å². The smallest absolute Gasteiger partial charge is 0.341 e. The molecular weight excluding hydrogens is 132 g/mol. The second-order valence-electron chi connectivity index (χ2n) is 3.58. The van der Waals surface area contributed by atoms with Crippen molar-refractivity contribution in [2.45, 2.75) is 19.4 Å². The van der Waals surface area contributed by atoms with Gasteiger partial charge in [0.2, 0.25) is 0 Å². The van der Waals surface area contributed by atoms with E-state index in [1.54, 1.807) is 0 Å². The normalized spacial score (nSPS) is 42.0. The van der Waals surface area contributed by atoms with Gasteiger partial charge in [-0.2, -0.15) is 0 Å². The number of hydrogen-bond acceptors (Lipinski definition) is 3. The quantitative estimate of drug-likeness (QED) is 0.361. The third kappa shape index (κ3) is 0.475. The number of cyclic esters (lactones) is 1. The molecule has 0 aromatic rings. The van der Waals surface area contributed by atoms with E-state index in [-0.39, 0.29) is 11.4 Å². The minimum atomic E-state index is -0.562. The third-order valence-corrected chi connectivity index (χ3v) is 2.42. The van der Waals surface area contributed by atoms with Crippen molar-refractivity contribution in [3.63, 3.8) is 0 Å².